The molecule has 0 radical (unpaired) electrons. The molecule has 0 amide bonds. The first kappa shape index (κ1) is 18.3. The van der Waals surface area contributed by atoms with Gasteiger partial charge in [-0.15, -0.1) is 0 Å². The number of nitrogens with zero attached hydrogens (tertiary/aromatic N) is 1. The zero-order valence-electron chi connectivity index (χ0n) is 18.0. The lowest BCUT2D eigenvalue weighted by molar-refractivity contribution is -0.175. The van der Waals surface area contributed by atoms with Crippen molar-refractivity contribution in [3.63, 3.8) is 0 Å². The summed E-state index contributed by atoms with van der Waals surface area (Å²) in [7, 11) is 2.08. The van der Waals surface area contributed by atoms with E-state index in [2.05, 4.69) is 39.6 Å². The van der Waals surface area contributed by atoms with Gasteiger partial charge in [-0.2, -0.15) is 0 Å². The summed E-state index contributed by atoms with van der Waals surface area (Å²) in [6.45, 7) is 11.6. The lowest BCUT2D eigenvalue weighted by Gasteiger charge is -2.45. The summed E-state index contributed by atoms with van der Waals surface area (Å²) in [4.78, 5) is 2.18. The molecule has 1 aromatic carbocycles. The van der Waals surface area contributed by atoms with Crippen LogP contribution in [-0.4, -0.2) is 43.5 Å². The predicted molar refractivity (Wildman–Crippen MR) is 106 cm³/mol. The van der Waals surface area contributed by atoms with E-state index in [1.165, 1.54) is 11.1 Å². The summed E-state index contributed by atoms with van der Waals surface area (Å²) < 4.78 is 31.9. The van der Waals surface area contributed by atoms with E-state index >= 15 is 0 Å². The van der Waals surface area contributed by atoms with Crippen LogP contribution >= 0.6 is 0 Å². The molecule has 6 nitrogen and oxygen atoms in total. The van der Waals surface area contributed by atoms with Crippen LogP contribution in [0.15, 0.2) is 0 Å². The number of hydrogen-bond acceptors (Lipinski definition) is 6. The average Bonchev–Trinajstić information content (AvgIpc) is 3.15. The summed E-state index contributed by atoms with van der Waals surface area (Å²) in [5.41, 5.74) is 3.54. The van der Waals surface area contributed by atoms with Crippen LogP contribution in [0, 0.1) is 23.7 Å². The number of fused-ring (bicyclic) bond motifs is 8. The second-order valence-corrected chi connectivity index (χ2v) is 10.1. The lowest BCUT2D eigenvalue weighted by Crippen LogP contribution is -2.47. The Balaban J connectivity index is 1.55. The fourth-order valence-electron chi connectivity index (χ4n) is 6.18. The maximum Gasteiger partial charge on any atom is 0.211 e. The molecule has 5 heterocycles. The van der Waals surface area contributed by atoms with Gasteiger partial charge in [-0.1, -0.05) is 13.8 Å². The standard InChI is InChI=1S/C23H31NO5/c1-12-9-26-22(3)17(12)6-14-19-16(8-24(5)11-25-19)21-15(20(14)28-22)7-18-13(2)10-27-23(18,4)29-21/h12-13,17-18H,6-11H2,1-5H3/t12-,13-,17+,18+,22+,23+/m0/s1. The Kier molecular flexibility index (Phi) is 3.66. The van der Waals surface area contributed by atoms with E-state index in [1.807, 2.05) is 0 Å². The Morgan fingerprint density at radius 1 is 0.793 bits per heavy atom. The molecule has 1 aromatic rings. The van der Waals surface area contributed by atoms with Crippen molar-refractivity contribution in [1.82, 2.24) is 4.90 Å². The summed E-state index contributed by atoms with van der Waals surface area (Å²) in [6.07, 6.45) is 1.84. The minimum absolute atomic E-state index is 0.317. The smallest absolute Gasteiger partial charge is 0.211 e. The number of benzene rings is 1. The molecule has 0 bridgehead atoms. The Bertz CT molecular complexity index is 887. The summed E-state index contributed by atoms with van der Waals surface area (Å²) >= 11 is 0. The van der Waals surface area contributed by atoms with Gasteiger partial charge >= 0.3 is 0 Å². The maximum absolute atomic E-state index is 6.69. The highest BCUT2D eigenvalue weighted by Gasteiger charge is 2.55. The molecule has 5 aliphatic rings. The van der Waals surface area contributed by atoms with Crippen molar-refractivity contribution in [3.8, 4) is 17.2 Å². The summed E-state index contributed by atoms with van der Waals surface area (Å²) in [6, 6.07) is 0. The molecule has 0 N–H and O–H groups in total. The minimum atomic E-state index is -0.579. The zero-order valence-corrected chi connectivity index (χ0v) is 18.0. The first-order valence-corrected chi connectivity index (χ1v) is 11.0. The Hall–Kier alpha value is -1.50. The average molecular weight is 402 g/mol. The van der Waals surface area contributed by atoms with Gasteiger partial charge < -0.3 is 23.7 Å². The largest absolute Gasteiger partial charge is 0.477 e. The summed E-state index contributed by atoms with van der Waals surface area (Å²) in [5, 5.41) is 0. The first-order valence-electron chi connectivity index (χ1n) is 11.0. The van der Waals surface area contributed by atoms with Crippen LogP contribution in [0.5, 0.6) is 17.2 Å². The van der Waals surface area contributed by atoms with Gasteiger partial charge in [-0.05, 0) is 31.7 Å². The third-order valence-electron chi connectivity index (χ3n) is 7.95. The van der Waals surface area contributed by atoms with Gasteiger partial charge in [0.1, 0.15) is 24.0 Å². The van der Waals surface area contributed by atoms with E-state index in [-0.39, 0.29) is 0 Å². The molecule has 29 heavy (non-hydrogen) atoms. The topological polar surface area (TPSA) is 49.4 Å². The van der Waals surface area contributed by atoms with Gasteiger partial charge in [0.05, 0.1) is 18.8 Å². The molecule has 2 fully saturated rings. The van der Waals surface area contributed by atoms with Crippen LogP contribution in [0.4, 0.5) is 0 Å². The van der Waals surface area contributed by atoms with Crippen molar-refractivity contribution >= 4 is 0 Å². The minimum Gasteiger partial charge on any atom is -0.477 e. The molecule has 6 heteroatoms. The van der Waals surface area contributed by atoms with Crippen molar-refractivity contribution in [1.29, 1.82) is 0 Å². The van der Waals surface area contributed by atoms with Crippen LogP contribution in [0.3, 0.4) is 0 Å². The number of rotatable bonds is 0. The van der Waals surface area contributed by atoms with Crippen LogP contribution in [-0.2, 0) is 28.9 Å². The molecule has 2 saturated heterocycles. The normalized spacial score (nSPS) is 42.5. The molecule has 0 unspecified atom stereocenters. The summed E-state index contributed by atoms with van der Waals surface area (Å²) in [5.74, 6) is 3.24. The molecule has 0 spiro atoms. The number of hydrogen-bond donors (Lipinski definition) is 0. The molecule has 0 saturated carbocycles. The highest BCUT2D eigenvalue weighted by Crippen LogP contribution is 2.58. The van der Waals surface area contributed by atoms with Crippen molar-refractivity contribution < 1.29 is 23.7 Å². The van der Waals surface area contributed by atoms with Gasteiger partial charge in [0.2, 0.25) is 11.6 Å². The highest BCUT2D eigenvalue weighted by atomic mass is 16.7. The molecule has 0 aromatic heterocycles. The maximum atomic E-state index is 6.69. The van der Waals surface area contributed by atoms with Crippen molar-refractivity contribution in [2.75, 3.05) is 27.0 Å². The Morgan fingerprint density at radius 3 is 1.90 bits per heavy atom. The van der Waals surface area contributed by atoms with E-state index in [0.29, 0.717) is 30.4 Å². The highest BCUT2D eigenvalue weighted by molar-refractivity contribution is 5.65. The molecular weight excluding hydrogens is 370 g/mol. The third kappa shape index (κ3) is 2.39. The van der Waals surface area contributed by atoms with Crippen LogP contribution in [0.25, 0.3) is 0 Å². The Labute approximate surface area is 172 Å². The molecule has 6 atom stereocenters. The molecule has 6 rings (SSSR count). The van der Waals surface area contributed by atoms with E-state index < -0.39 is 11.6 Å². The quantitative estimate of drug-likeness (QED) is 0.665. The van der Waals surface area contributed by atoms with Crippen molar-refractivity contribution in [3.05, 3.63) is 16.7 Å². The second kappa shape index (κ2) is 5.80. The van der Waals surface area contributed by atoms with Crippen LogP contribution in [0.1, 0.15) is 44.4 Å². The second-order valence-electron chi connectivity index (χ2n) is 10.1. The predicted octanol–water partition coefficient (Wildman–Crippen LogP) is 3.34. The van der Waals surface area contributed by atoms with Crippen LogP contribution in [0.2, 0.25) is 0 Å². The SMILES string of the molecule is C[C@H]1CO[C@]2(C)Oc3c(c4c(c5c3C[C@@H]3[C@@H](C)CO[C@]3(C)O5)CN(C)CO4)C[C@H]12. The fourth-order valence-corrected chi connectivity index (χ4v) is 6.18. The monoisotopic (exact) mass is 401 g/mol. The molecular formula is C23H31NO5. The van der Waals surface area contributed by atoms with E-state index in [4.69, 9.17) is 23.7 Å². The van der Waals surface area contributed by atoms with Gasteiger partial charge in [0.25, 0.3) is 0 Å². The molecule has 158 valence electrons. The van der Waals surface area contributed by atoms with E-state index in [9.17, 15) is 0 Å². The van der Waals surface area contributed by atoms with E-state index in [0.717, 1.165) is 55.4 Å². The Morgan fingerprint density at radius 2 is 1.31 bits per heavy atom. The fraction of sp³-hybridized carbons (Fsp3) is 0.739. The van der Waals surface area contributed by atoms with E-state index in [1.54, 1.807) is 0 Å². The van der Waals surface area contributed by atoms with Crippen molar-refractivity contribution in [2.24, 2.45) is 23.7 Å². The zero-order chi connectivity index (χ0) is 20.1. The molecule has 0 aliphatic carbocycles. The van der Waals surface area contributed by atoms with Crippen LogP contribution < -0.4 is 14.2 Å². The van der Waals surface area contributed by atoms with Gasteiger partial charge in [-0.3, -0.25) is 4.90 Å². The van der Waals surface area contributed by atoms with Gasteiger partial charge in [-0.25, -0.2) is 0 Å². The first-order chi connectivity index (χ1) is 13.8. The lowest BCUT2D eigenvalue weighted by atomic mass is 9.77. The number of ether oxygens (including phenoxy) is 5. The third-order valence-corrected chi connectivity index (χ3v) is 7.95. The molecule has 5 aliphatic heterocycles. The van der Waals surface area contributed by atoms with Gasteiger partial charge in [0.15, 0.2) is 0 Å². The van der Waals surface area contributed by atoms with Crippen molar-refractivity contribution in [2.45, 2.75) is 58.7 Å². The van der Waals surface area contributed by atoms with Gasteiger partial charge in [0, 0.05) is 43.4 Å².